The molecule has 1 aromatic carbocycles. The average Bonchev–Trinajstić information content (AvgIpc) is 2.29. The Kier molecular flexibility index (Phi) is 5.88. The lowest BCUT2D eigenvalue weighted by Gasteiger charge is -2.17. The Hall–Kier alpha value is -0.510. The molecule has 0 amide bonds. The van der Waals surface area contributed by atoms with Crippen molar-refractivity contribution in [2.75, 3.05) is 11.5 Å². The zero-order valence-electron chi connectivity index (χ0n) is 10.4. The summed E-state index contributed by atoms with van der Waals surface area (Å²) in [6, 6.07) is 6.82. The van der Waals surface area contributed by atoms with Gasteiger partial charge in [-0.15, -0.1) is 0 Å². The van der Waals surface area contributed by atoms with Crippen LogP contribution in [0.15, 0.2) is 18.2 Å². The molecule has 1 aromatic rings. The predicted molar refractivity (Wildman–Crippen MR) is 73.6 cm³/mol. The number of rotatable bonds is 6. The van der Waals surface area contributed by atoms with E-state index in [1.807, 2.05) is 11.8 Å². The molecule has 0 fully saturated rings. The van der Waals surface area contributed by atoms with E-state index in [2.05, 4.69) is 44.4 Å². The number of nitrogens with one attached hydrogen (secondary N) is 1. The second kappa shape index (κ2) is 6.94. The van der Waals surface area contributed by atoms with Crippen molar-refractivity contribution in [1.82, 2.24) is 5.43 Å². The number of hydrazine groups is 1. The van der Waals surface area contributed by atoms with Gasteiger partial charge in [-0.3, -0.25) is 11.3 Å². The van der Waals surface area contributed by atoms with Crippen LogP contribution in [0, 0.1) is 13.8 Å². The first-order valence-corrected chi connectivity index (χ1v) is 6.95. The van der Waals surface area contributed by atoms with Crippen LogP contribution in [0.4, 0.5) is 0 Å². The molecule has 0 aliphatic heterocycles. The highest BCUT2D eigenvalue weighted by atomic mass is 32.2. The van der Waals surface area contributed by atoms with Crippen molar-refractivity contribution in [3.8, 4) is 0 Å². The third kappa shape index (κ3) is 3.81. The Morgan fingerprint density at radius 2 is 2.06 bits per heavy atom. The molecule has 0 aliphatic rings. The van der Waals surface area contributed by atoms with Gasteiger partial charge in [0.25, 0.3) is 0 Å². The minimum Gasteiger partial charge on any atom is -0.271 e. The molecule has 0 saturated heterocycles. The first-order chi connectivity index (χ1) is 7.69. The average molecular weight is 238 g/mol. The van der Waals surface area contributed by atoms with Gasteiger partial charge in [0, 0.05) is 5.75 Å². The highest BCUT2D eigenvalue weighted by molar-refractivity contribution is 7.99. The van der Waals surface area contributed by atoms with Crippen molar-refractivity contribution < 1.29 is 0 Å². The smallest absolute Gasteiger partial charge is 0.0550 e. The second-order valence-corrected chi connectivity index (χ2v) is 5.29. The summed E-state index contributed by atoms with van der Waals surface area (Å²) < 4.78 is 0. The first kappa shape index (κ1) is 13.6. The van der Waals surface area contributed by atoms with Gasteiger partial charge in [-0.05, 0) is 42.7 Å². The van der Waals surface area contributed by atoms with Gasteiger partial charge in [0.15, 0.2) is 0 Å². The van der Waals surface area contributed by atoms with Gasteiger partial charge < -0.3 is 0 Å². The van der Waals surface area contributed by atoms with Crippen LogP contribution in [0.1, 0.15) is 36.1 Å². The van der Waals surface area contributed by atoms with E-state index in [0.717, 1.165) is 5.75 Å². The van der Waals surface area contributed by atoms with Crippen LogP contribution >= 0.6 is 11.8 Å². The Balaban J connectivity index is 2.67. The molecule has 0 radical (unpaired) electrons. The summed E-state index contributed by atoms with van der Waals surface area (Å²) in [5.41, 5.74) is 6.86. The fraction of sp³-hybridized carbons (Fsp3) is 0.538. The van der Waals surface area contributed by atoms with E-state index < -0.39 is 0 Å². The fourth-order valence-corrected chi connectivity index (χ4v) is 2.55. The minimum absolute atomic E-state index is 0.260. The van der Waals surface area contributed by atoms with E-state index in [1.54, 1.807) is 0 Å². The Morgan fingerprint density at radius 3 is 2.62 bits per heavy atom. The van der Waals surface area contributed by atoms with Gasteiger partial charge in [0.05, 0.1) is 6.04 Å². The highest BCUT2D eigenvalue weighted by Gasteiger charge is 2.09. The number of nitrogens with two attached hydrogens (primary N) is 1. The maximum atomic E-state index is 5.61. The Labute approximate surface area is 103 Å². The molecule has 0 bridgehead atoms. The highest BCUT2D eigenvalue weighted by Crippen LogP contribution is 2.20. The number of aryl methyl sites for hydroxylation is 2. The van der Waals surface area contributed by atoms with Crippen LogP contribution in [0.2, 0.25) is 0 Å². The molecule has 1 unspecified atom stereocenters. The molecule has 16 heavy (non-hydrogen) atoms. The quantitative estimate of drug-likeness (QED) is 0.454. The third-order valence-corrected chi connectivity index (χ3v) is 4.03. The van der Waals surface area contributed by atoms with Crippen LogP contribution in [0.25, 0.3) is 0 Å². The van der Waals surface area contributed by atoms with Crippen LogP contribution in [-0.2, 0) is 0 Å². The minimum atomic E-state index is 0.260. The normalized spacial score (nSPS) is 12.8. The number of thioether (sulfide) groups is 1. The lowest BCUT2D eigenvalue weighted by atomic mass is 10.0. The molecule has 0 heterocycles. The Morgan fingerprint density at radius 1 is 1.31 bits per heavy atom. The van der Waals surface area contributed by atoms with E-state index >= 15 is 0 Å². The van der Waals surface area contributed by atoms with E-state index in [9.17, 15) is 0 Å². The molecule has 3 N–H and O–H groups in total. The summed E-state index contributed by atoms with van der Waals surface area (Å²) in [6.07, 6.45) is 1.22. The summed E-state index contributed by atoms with van der Waals surface area (Å²) in [6.45, 7) is 6.48. The molecule has 0 saturated carbocycles. The molecule has 0 aliphatic carbocycles. The third-order valence-electron chi connectivity index (χ3n) is 2.77. The van der Waals surface area contributed by atoms with E-state index in [0.29, 0.717) is 0 Å². The largest absolute Gasteiger partial charge is 0.271 e. The maximum Gasteiger partial charge on any atom is 0.0550 e. The van der Waals surface area contributed by atoms with Gasteiger partial charge in [0.2, 0.25) is 0 Å². The van der Waals surface area contributed by atoms with Crippen molar-refractivity contribution in [1.29, 1.82) is 0 Å². The molecule has 2 nitrogen and oxygen atoms in total. The van der Waals surface area contributed by atoms with Gasteiger partial charge in [-0.1, -0.05) is 25.1 Å². The molecule has 1 atom stereocenters. The van der Waals surface area contributed by atoms with Crippen molar-refractivity contribution >= 4 is 11.8 Å². The van der Waals surface area contributed by atoms with Crippen molar-refractivity contribution in [2.45, 2.75) is 33.2 Å². The lowest BCUT2D eigenvalue weighted by Crippen LogP contribution is -2.29. The first-order valence-electron chi connectivity index (χ1n) is 5.80. The summed E-state index contributed by atoms with van der Waals surface area (Å²) in [5, 5.41) is 0. The molecule has 3 heteroatoms. The molecule has 1 rings (SSSR count). The van der Waals surface area contributed by atoms with Gasteiger partial charge in [-0.2, -0.15) is 11.8 Å². The second-order valence-electron chi connectivity index (χ2n) is 4.14. The van der Waals surface area contributed by atoms with Crippen LogP contribution in [0.5, 0.6) is 0 Å². The molecular weight excluding hydrogens is 216 g/mol. The topological polar surface area (TPSA) is 38.0 Å². The Bertz CT molecular complexity index is 326. The SMILES string of the molecule is CCCSCC(NN)c1ccc(C)c(C)c1. The molecule has 0 spiro atoms. The summed E-state index contributed by atoms with van der Waals surface area (Å²) >= 11 is 1.95. The maximum absolute atomic E-state index is 5.61. The number of hydrogen-bond donors (Lipinski definition) is 2. The summed E-state index contributed by atoms with van der Waals surface area (Å²) in [4.78, 5) is 0. The van der Waals surface area contributed by atoms with Crippen molar-refractivity contribution in [2.24, 2.45) is 5.84 Å². The summed E-state index contributed by atoms with van der Waals surface area (Å²) in [7, 11) is 0. The monoisotopic (exact) mass is 238 g/mol. The molecule has 90 valence electrons. The van der Waals surface area contributed by atoms with E-state index in [1.165, 1.54) is 28.9 Å². The van der Waals surface area contributed by atoms with Gasteiger partial charge in [0.1, 0.15) is 0 Å². The standard InChI is InChI=1S/C13H22N2S/c1-4-7-16-9-13(15-14)12-6-5-10(2)11(3)8-12/h5-6,8,13,15H,4,7,9,14H2,1-3H3. The van der Waals surface area contributed by atoms with Crippen LogP contribution in [-0.4, -0.2) is 11.5 Å². The molecular formula is C13H22N2S. The predicted octanol–water partition coefficient (Wildman–Crippen LogP) is 2.95. The number of hydrogen-bond acceptors (Lipinski definition) is 3. The van der Waals surface area contributed by atoms with Crippen LogP contribution < -0.4 is 11.3 Å². The van der Waals surface area contributed by atoms with Crippen molar-refractivity contribution in [3.05, 3.63) is 34.9 Å². The lowest BCUT2D eigenvalue weighted by molar-refractivity contribution is 0.610. The van der Waals surface area contributed by atoms with E-state index in [4.69, 9.17) is 5.84 Å². The van der Waals surface area contributed by atoms with Crippen LogP contribution in [0.3, 0.4) is 0 Å². The fourth-order valence-electron chi connectivity index (χ4n) is 1.57. The summed E-state index contributed by atoms with van der Waals surface area (Å²) in [5.74, 6) is 7.84. The number of benzene rings is 1. The van der Waals surface area contributed by atoms with E-state index in [-0.39, 0.29) is 6.04 Å². The zero-order chi connectivity index (χ0) is 12.0. The molecule has 0 aromatic heterocycles. The van der Waals surface area contributed by atoms with Gasteiger partial charge >= 0.3 is 0 Å². The van der Waals surface area contributed by atoms with Gasteiger partial charge in [-0.25, -0.2) is 0 Å². The van der Waals surface area contributed by atoms with Crippen molar-refractivity contribution in [3.63, 3.8) is 0 Å². The zero-order valence-corrected chi connectivity index (χ0v) is 11.2.